The number of carbonyl (C=O) groups is 1. The van der Waals surface area contributed by atoms with Gasteiger partial charge in [0.2, 0.25) is 5.91 Å². The van der Waals surface area contributed by atoms with E-state index in [1.165, 1.54) is 302 Å². The molecule has 0 spiro atoms. The predicted octanol–water partition coefficient (Wildman–Crippen LogP) is 19.7. The van der Waals surface area contributed by atoms with Crippen LogP contribution < -0.4 is 5.32 Å². The summed E-state index contributed by atoms with van der Waals surface area (Å²) in [5.41, 5.74) is 0. The molecule has 2 atom stereocenters. The molecule has 0 bridgehead atoms. The molecule has 1 amide bonds. The second kappa shape index (κ2) is 56.5. The van der Waals surface area contributed by atoms with E-state index >= 15 is 0 Å². The van der Waals surface area contributed by atoms with Crippen LogP contribution in [0.4, 0.5) is 0 Å². The molecule has 382 valence electrons. The number of aliphatic hydroxyl groups is 2. The van der Waals surface area contributed by atoms with Crippen molar-refractivity contribution in [3.63, 3.8) is 0 Å². The van der Waals surface area contributed by atoms with Crippen molar-refractivity contribution in [1.82, 2.24) is 5.32 Å². The van der Waals surface area contributed by atoms with E-state index in [0.29, 0.717) is 6.42 Å². The van der Waals surface area contributed by atoms with E-state index < -0.39 is 12.1 Å². The molecule has 0 radical (unpaired) electrons. The van der Waals surface area contributed by atoms with Crippen LogP contribution in [0.5, 0.6) is 0 Å². The van der Waals surface area contributed by atoms with Crippen molar-refractivity contribution in [3.05, 3.63) is 12.2 Å². The normalized spacial score (nSPS) is 12.8. The molecule has 64 heavy (non-hydrogen) atoms. The first kappa shape index (κ1) is 63.1. The molecule has 0 saturated carbocycles. The monoisotopic (exact) mass is 902 g/mol. The second-order valence-electron chi connectivity index (χ2n) is 20.8. The minimum atomic E-state index is -0.836. The molecule has 4 heteroatoms. The van der Waals surface area contributed by atoms with E-state index in [1.807, 2.05) is 6.08 Å². The molecule has 0 aliphatic rings. The minimum Gasteiger partial charge on any atom is -0.394 e. The molecule has 0 saturated heterocycles. The molecule has 2 unspecified atom stereocenters. The van der Waals surface area contributed by atoms with Gasteiger partial charge in [-0.25, -0.2) is 0 Å². The van der Waals surface area contributed by atoms with Gasteiger partial charge in [0.25, 0.3) is 0 Å². The van der Waals surface area contributed by atoms with Gasteiger partial charge in [-0.3, -0.25) is 4.79 Å². The van der Waals surface area contributed by atoms with Gasteiger partial charge >= 0.3 is 0 Å². The molecule has 0 aromatic carbocycles. The number of nitrogens with one attached hydrogen (secondary N) is 1. The average Bonchev–Trinajstić information content (AvgIpc) is 3.30. The summed E-state index contributed by atoms with van der Waals surface area (Å²) in [5, 5.41) is 23.2. The number of amides is 1. The van der Waals surface area contributed by atoms with Crippen molar-refractivity contribution in [1.29, 1.82) is 0 Å². The fraction of sp³-hybridized carbons (Fsp3) is 0.950. The molecule has 0 aliphatic carbocycles. The summed E-state index contributed by atoms with van der Waals surface area (Å²) in [5.74, 6) is -0.0547. The van der Waals surface area contributed by atoms with E-state index in [0.717, 1.165) is 25.7 Å². The largest absolute Gasteiger partial charge is 0.394 e. The predicted molar refractivity (Wildman–Crippen MR) is 286 cm³/mol. The molecule has 0 rings (SSSR count). The lowest BCUT2D eigenvalue weighted by molar-refractivity contribution is -0.123. The molecular weight excluding hydrogens is 783 g/mol. The third-order valence-corrected chi connectivity index (χ3v) is 14.3. The lowest BCUT2D eigenvalue weighted by Crippen LogP contribution is -2.45. The Morgan fingerprint density at radius 2 is 0.578 bits per heavy atom. The molecule has 0 aliphatic heterocycles. The first-order chi connectivity index (χ1) is 31.7. The molecule has 3 N–H and O–H groups in total. The number of allylic oxidation sites excluding steroid dienone is 1. The average molecular weight is 903 g/mol. The molecule has 0 heterocycles. The van der Waals surface area contributed by atoms with Gasteiger partial charge in [-0.15, -0.1) is 0 Å². The molecular formula is C60H119NO3. The van der Waals surface area contributed by atoms with E-state index in [-0.39, 0.29) is 12.5 Å². The van der Waals surface area contributed by atoms with E-state index in [1.54, 1.807) is 6.08 Å². The van der Waals surface area contributed by atoms with Gasteiger partial charge in [-0.1, -0.05) is 334 Å². The summed E-state index contributed by atoms with van der Waals surface area (Å²) in [6.07, 6.45) is 73.9. The lowest BCUT2D eigenvalue weighted by Gasteiger charge is -2.20. The Hall–Kier alpha value is -0.870. The number of carbonyl (C=O) groups excluding carboxylic acids is 1. The maximum atomic E-state index is 12.5. The molecule has 0 aromatic heterocycles. The summed E-state index contributed by atoms with van der Waals surface area (Å²) >= 11 is 0. The fourth-order valence-corrected chi connectivity index (χ4v) is 9.71. The van der Waals surface area contributed by atoms with E-state index in [4.69, 9.17) is 0 Å². The topological polar surface area (TPSA) is 69.6 Å². The summed E-state index contributed by atoms with van der Waals surface area (Å²) < 4.78 is 0. The molecule has 0 aromatic rings. The third kappa shape index (κ3) is 52.1. The van der Waals surface area contributed by atoms with Crippen LogP contribution in [-0.4, -0.2) is 34.9 Å². The Morgan fingerprint density at radius 3 is 0.812 bits per heavy atom. The van der Waals surface area contributed by atoms with Gasteiger partial charge in [-0.2, -0.15) is 0 Å². The summed E-state index contributed by atoms with van der Waals surface area (Å²) in [4.78, 5) is 12.5. The highest BCUT2D eigenvalue weighted by Gasteiger charge is 2.18. The maximum absolute atomic E-state index is 12.5. The first-order valence-electron chi connectivity index (χ1n) is 29.9. The van der Waals surface area contributed by atoms with Gasteiger partial charge in [0.05, 0.1) is 18.8 Å². The number of unbranched alkanes of at least 4 members (excludes halogenated alkanes) is 49. The Labute approximate surface area is 403 Å². The highest BCUT2D eigenvalue weighted by molar-refractivity contribution is 5.76. The zero-order valence-corrected chi connectivity index (χ0v) is 44.1. The zero-order chi connectivity index (χ0) is 46.3. The Balaban J connectivity index is 3.43. The lowest BCUT2D eigenvalue weighted by atomic mass is 10.0. The fourth-order valence-electron chi connectivity index (χ4n) is 9.71. The minimum absolute atomic E-state index is 0.0547. The van der Waals surface area contributed by atoms with Crippen LogP contribution in [0, 0.1) is 0 Å². The van der Waals surface area contributed by atoms with E-state index in [9.17, 15) is 15.0 Å². The Kier molecular flexibility index (Phi) is 55.7. The summed E-state index contributed by atoms with van der Waals surface area (Å²) in [7, 11) is 0. The van der Waals surface area contributed by atoms with Crippen LogP contribution in [0.1, 0.15) is 348 Å². The number of aliphatic hydroxyl groups excluding tert-OH is 2. The standard InChI is InChI=1S/C60H119NO3/c1-3-5-7-9-11-13-15-17-19-21-23-25-27-29-30-31-32-34-36-38-40-42-44-46-48-50-52-54-56-60(64)61-58(57-62)59(63)55-53-51-49-47-45-43-41-39-37-35-33-28-26-24-22-20-18-16-14-12-10-8-6-4-2/h53,55,58-59,62-63H,3-52,54,56-57H2,1-2H3,(H,61,64)/b55-53+. The van der Waals surface area contributed by atoms with Crippen LogP contribution in [0.15, 0.2) is 12.2 Å². The third-order valence-electron chi connectivity index (χ3n) is 14.3. The quantitative estimate of drug-likeness (QED) is 0.0421. The van der Waals surface area contributed by atoms with Crippen LogP contribution in [0.3, 0.4) is 0 Å². The van der Waals surface area contributed by atoms with Crippen molar-refractivity contribution in [2.45, 2.75) is 360 Å². The summed E-state index contributed by atoms with van der Waals surface area (Å²) in [6.45, 7) is 4.36. The van der Waals surface area contributed by atoms with Gasteiger partial charge in [-0.05, 0) is 19.3 Å². The van der Waals surface area contributed by atoms with Gasteiger partial charge in [0, 0.05) is 6.42 Å². The molecule has 4 nitrogen and oxygen atoms in total. The summed E-state index contributed by atoms with van der Waals surface area (Å²) in [6, 6.07) is -0.618. The first-order valence-corrected chi connectivity index (χ1v) is 29.9. The molecule has 0 fully saturated rings. The highest BCUT2D eigenvalue weighted by atomic mass is 16.3. The van der Waals surface area contributed by atoms with Gasteiger partial charge in [0.1, 0.15) is 0 Å². The van der Waals surface area contributed by atoms with Crippen LogP contribution in [0.2, 0.25) is 0 Å². The SMILES string of the molecule is CCCCCCCCCCCCCCCCCCCCCCCC/C=C/C(O)C(CO)NC(=O)CCCCCCCCCCCCCCCCCCCCCCCCCCCCCC. The van der Waals surface area contributed by atoms with Gasteiger partial charge < -0.3 is 15.5 Å². The van der Waals surface area contributed by atoms with Crippen molar-refractivity contribution < 1.29 is 15.0 Å². The zero-order valence-electron chi connectivity index (χ0n) is 44.1. The van der Waals surface area contributed by atoms with Crippen LogP contribution in [0.25, 0.3) is 0 Å². The number of rotatable bonds is 56. The van der Waals surface area contributed by atoms with Crippen LogP contribution in [-0.2, 0) is 4.79 Å². The van der Waals surface area contributed by atoms with Crippen molar-refractivity contribution in [2.24, 2.45) is 0 Å². The smallest absolute Gasteiger partial charge is 0.220 e. The van der Waals surface area contributed by atoms with Crippen molar-refractivity contribution in [3.8, 4) is 0 Å². The number of hydrogen-bond acceptors (Lipinski definition) is 3. The van der Waals surface area contributed by atoms with Gasteiger partial charge in [0.15, 0.2) is 0 Å². The second-order valence-corrected chi connectivity index (χ2v) is 20.8. The Morgan fingerprint density at radius 1 is 0.359 bits per heavy atom. The Bertz CT molecular complexity index is 890. The van der Waals surface area contributed by atoms with Crippen molar-refractivity contribution in [2.75, 3.05) is 6.61 Å². The highest BCUT2D eigenvalue weighted by Crippen LogP contribution is 2.18. The maximum Gasteiger partial charge on any atom is 0.220 e. The van der Waals surface area contributed by atoms with Crippen LogP contribution >= 0.6 is 0 Å². The van der Waals surface area contributed by atoms with E-state index in [2.05, 4.69) is 19.2 Å². The van der Waals surface area contributed by atoms with Crippen molar-refractivity contribution >= 4 is 5.91 Å². The number of hydrogen-bond donors (Lipinski definition) is 3.